The van der Waals surface area contributed by atoms with Crippen LogP contribution < -0.4 is 5.43 Å². The minimum absolute atomic E-state index is 0.0157. The molecule has 0 spiro atoms. The van der Waals surface area contributed by atoms with Crippen LogP contribution >= 0.6 is 0 Å². The van der Waals surface area contributed by atoms with E-state index in [-0.39, 0.29) is 69.6 Å². The normalized spacial score (nSPS) is 11.9. The summed E-state index contributed by atoms with van der Waals surface area (Å²) in [4.78, 5) is 13.5. The summed E-state index contributed by atoms with van der Waals surface area (Å²) in [6.07, 6.45) is 2.52. The molecule has 1 aromatic heterocycles. The molecule has 0 radical (unpaired) electrons. The Labute approximate surface area is 179 Å². The lowest BCUT2D eigenvalue weighted by atomic mass is 9.92. The van der Waals surface area contributed by atoms with E-state index in [1.165, 1.54) is 12.1 Å². The molecular weight excluding hydrogens is 400 g/mol. The van der Waals surface area contributed by atoms with Crippen molar-refractivity contribution in [2.24, 2.45) is 0 Å². The number of allylic oxidation sites excluding steroid dienone is 2. The fraction of sp³-hybridized carbons (Fsp3) is 0.375. The van der Waals surface area contributed by atoms with E-state index in [1.54, 1.807) is 13.8 Å². The van der Waals surface area contributed by atoms with E-state index < -0.39 is 17.6 Å². The van der Waals surface area contributed by atoms with Crippen molar-refractivity contribution in [2.75, 3.05) is 0 Å². The summed E-state index contributed by atoms with van der Waals surface area (Å²) in [6.45, 7) is 6.51. The van der Waals surface area contributed by atoms with Crippen molar-refractivity contribution in [3.05, 3.63) is 50.7 Å². The smallest absolute Gasteiger partial charge is 0.204 e. The maximum Gasteiger partial charge on any atom is 0.204 e. The maximum absolute atomic E-state index is 13.5. The summed E-state index contributed by atoms with van der Waals surface area (Å²) in [5.41, 5.74) is 0.202. The molecular formula is C24H28O7. The van der Waals surface area contributed by atoms with Crippen LogP contribution in [0.25, 0.3) is 21.9 Å². The molecule has 31 heavy (non-hydrogen) atoms. The van der Waals surface area contributed by atoms with Gasteiger partial charge in [-0.1, -0.05) is 11.6 Å². The Bertz CT molecular complexity index is 1240. The van der Waals surface area contributed by atoms with Crippen molar-refractivity contribution in [1.29, 1.82) is 0 Å². The van der Waals surface area contributed by atoms with Crippen molar-refractivity contribution < 1.29 is 29.9 Å². The number of aromatic hydroxyl groups is 3. The molecule has 1 heterocycles. The second-order valence-electron chi connectivity index (χ2n) is 8.71. The SMILES string of the molecule is CC(C)=CCc1c(O)cc2oc3cc(O)c(CO)c(CCC(C)(C)O)c3c(=O)c2c1O. The number of aryl methyl sites for hydroxylation is 1. The van der Waals surface area contributed by atoms with E-state index >= 15 is 0 Å². The first-order valence-corrected chi connectivity index (χ1v) is 10.1. The van der Waals surface area contributed by atoms with Crippen LogP contribution in [0.3, 0.4) is 0 Å². The van der Waals surface area contributed by atoms with Gasteiger partial charge in [-0.05, 0) is 52.5 Å². The number of hydrogen-bond donors (Lipinski definition) is 5. The van der Waals surface area contributed by atoms with Crippen molar-refractivity contribution in [1.82, 2.24) is 0 Å². The van der Waals surface area contributed by atoms with Gasteiger partial charge >= 0.3 is 0 Å². The number of phenolic OH excluding ortho intramolecular Hbond substituents is 2. The number of aliphatic hydroxyl groups is 2. The molecule has 0 aliphatic heterocycles. The first kappa shape index (κ1) is 22.7. The van der Waals surface area contributed by atoms with Gasteiger partial charge in [-0.15, -0.1) is 0 Å². The molecule has 0 atom stereocenters. The average molecular weight is 428 g/mol. The molecule has 3 rings (SSSR count). The van der Waals surface area contributed by atoms with E-state index in [2.05, 4.69) is 0 Å². The predicted octanol–water partition coefficient (Wildman–Crippen LogP) is 3.77. The van der Waals surface area contributed by atoms with E-state index in [1.807, 2.05) is 19.9 Å². The molecule has 0 aliphatic carbocycles. The molecule has 166 valence electrons. The highest BCUT2D eigenvalue weighted by molar-refractivity contribution is 5.97. The Kier molecular flexibility index (Phi) is 6.02. The molecule has 7 heteroatoms. The van der Waals surface area contributed by atoms with Crippen LogP contribution in [0.4, 0.5) is 0 Å². The Hall–Kier alpha value is -3.03. The van der Waals surface area contributed by atoms with E-state index in [0.29, 0.717) is 5.56 Å². The van der Waals surface area contributed by atoms with E-state index in [4.69, 9.17) is 4.42 Å². The number of benzene rings is 2. The van der Waals surface area contributed by atoms with Crippen LogP contribution in [0.2, 0.25) is 0 Å². The monoisotopic (exact) mass is 428 g/mol. The maximum atomic E-state index is 13.5. The second kappa shape index (κ2) is 8.24. The zero-order valence-corrected chi connectivity index (χ0v) is 18.1. The zero-order valence-electron chi connectivity index (χ0n) is 18.1. The van der Waals surface area contributed by atoms with Gasteiger partial charge in [0.2, 0.25) is 5.43 Å². The van der Waals surface area contributed by atoms with Crippen molar-refractivity contribution in [3.63, 3.8) is 0 Å². The van der Waals surface area contributed by atoms with Crippen LogP contribution in [-0.4, -0.2) is 31.1 Å². The summed E-state index contributed by atoms with van der Waals surface area (Å²) in [7, 11) is 0. The van der Waals surface area contributed by atoms with Crippen LogP contribution in [0, 0.1) is 0 Å². The highest BCUT2D eigenvalue weighted by Gasteiger charge is 2.24. The fourth-order valence-corrected chi connectivity index (χ4v) is 3.67. The summed E-state index contributed by atoms with van der Waals surface area (Å²) in [5, 5.41) is 51.5. The summed E-state index contributed by atoms with van der Waals surface area (Å²) in [5.74, 6) is -0.810. The van der Waals surface area contributed by atoms with Crippen LogP contribution in [-0.2, 0) is 19.4 Å². The molecule has 0 saturated carbocycles. The van der Waals surface area contributed by atoms with Gasteiger partial charge in [-0.25, -0.2) is 0 Å². The third-order valence-electron chi connectivity index (χ3n) is 5.37. The lowest BCUT2D eigenvalue weighted by Gasteiger charge is -2.19. The molecule has 0 amide bonds. The molecule has 0 saturated heterocycles. The van der Waals surface area contributed by atoms with E-state index in [0.717, 1.165) is 5.57 Å². The number of aliphatic hydroxyl groups excluding tert-OH is 1. The third kappa shape index (κ3) is 4.38. The van der Waals surface area contributed by atoms with Crippen LogP contribution in [0.1, 0.15) is 50.8 Å². The van der Waals surface area contributed by atoms with E-state index in [9.17, 15) is 30.3 Å². The van der Waals surface area contributed by atoms with Gasteiger partial charge in [0.05, 0.1) is 17.6 Å². The molecule has 5 N–H and O–H groups in total. The summed E-state index contributed by atoms with van der Waals surface area (Å²) >= 11 is 0. The Morgan fingerprint density at radius 2 is 1.58 bits per heavy atom. The van der Waals surface area contributed by atoms with Gasteiger partial charge in [0, 0.05) is 23.3 Å². The fourth-order valence-electron chi connectivity index (χ4n) is 3.67. The highest BCUT2D eigenvalue weighted by atomic mass is 16.3. The van der Waals surface area contributed by atoms with Gasteiger partial charge in [-0.3, -0.25) is 4.79 Å². The quantitative estimate of drug-likeness (QED) is 0.298. The van der Waals surface area contributed by atoms with Gasteiger partial charge in [0.15, 0.2) is 0 Å². The first-order valence-electron chi connectivity index (χ1n) is 10.1. The largest absolute Gasteiger partial charge is 0.507 e. The lowest BCUT2D eigenvalue weighted by Crippen LogP contribution is -2.20. The van der Waals surface area contributed by atoms with Crippen LogP contribution in [0.15, 0.2) is 33.0 Å². The van der Waals surface area contributed by atoms with Gasteiger partial charge in [-0.2, -0.15) is 0 Å². The zero-order chi connectivity index (χ0) is 23.1. The van der Waals surface area contributed by atoms with Crippen LogP contribution in [0.5, 0.6) is 17.2 Å². The summed E-state index contributed by atoms with van der Waals surface area (Å²) in [6, 6.07) is 2.51. The first-order chi connectivity index (χ1) is 14.4. The lowest BCUT2D eigenvalue weighted by molar-refractivity contribution is 0.0713. The number of hydrogen-bond acceptors (Lipinski definition) is 7. The Morgan fingerprint density at radius 3 is 2.13 bits per heavy atom. The van der Waals surface area contributed by atoms with Gasteiger partial charge in [0.1, 0.15) is 33.8 Å². The minimum Gasteiger partial charge on any atom is -0.507 e. The summed E-state index contributed by atoms with van der Waals surface area (Å²) < 4.78 is 5.78. The van der Waals surface area contributed by atoms with Gasteiger partial charge in [0.25, 0.3) is 0 Å². The topological polar surface area (TPSA) is 131 Å². The highest BCUT2D eigenvalue weighted by Crippen LogP contribution is 2.38. The standard InChI is InChI=1S/C24H28O7/c1-12(2)5-6-14-16(26)9-19-21(22(14)28)23(29)20-13(7-8-24(3,4)30)15(11-25)17(27)10-18(20)31-19/h5,9-10,25-28,30H,6-8,11H2,1-4H3. The number of fused-ring (bicyclic) bond motifs is 2. The minimum atomic E-state index is -1.03. The number of rotatable bonds is 6. The van der Waals surface area contributed by atoms with Crippen molar-refractivity contribution >= 4 is 21.9 Å². The molecule has 0 aliphatic rings. The molecule has 3 aromatic rings. The van der Waals surface area contributed by atoms with Crippen molar-refractivity contribution in [2.45, 2.75) is 59.2 Å². The number of phenols is 3. The molecule has 2 aromatic carbocycles. The predicted molar refractivity (Wildman–Crippen MR) is 119 cm³/mol. The second-order valence-corrected chi connectivity index (χ2v) is 8.71. The average Bonchev–Trinajstić information content (AvgIpc) is 2.64. The molecule has 0 fully saturated rings. The Balaban J connectivity index is 2.40. The third-order valence-corrected chi connectivity index (χ3v) is 5.37. The molecule has 0 bridgehead atoms. The molecule has 0 unspecified atom stereocenters. The van der Waals surface area contributed by atoms with Gasteiger partial charge < -0.3 is 29.9 Å². The Morgan fingerprint density at radius 1 is 1.00 bits per heavy atom. The molecule has 7 nitrogen and oxygen atoms in total. The van der Waals surface area contributed by atoms with Crippen molar-refractivity contribution in [3.8, 4) is 17.2 Å².